The van der Waals surface area contributed by atoms with E-state index in [0.29, 0.717) is 5.82 Å². The van der Waals surface area contributed by atoms with Crippen molar-refractivity contribution in [1.29, 1.82) is 0 Å². The molecule has 11 heterocycles. The van der Waals surface area contributed by atoms with Crippen LogP contribution in [-0.4, -0.2) is 43.2 Å². The zero-order valence-electron chi connectivity index (χ0n) is 67.9. The minimum atomic E-state index is 0.710. The van der Waals surface area contributed by atoms with Gasteiger partial charge in [-0.25, -0.2) is 19.9 Å². The third kappa shape index (κ3) is 10.5. The minimum Gasteiger partial charge on any atom is -0.309 e. The predicted molar refractivity (Wildman–Crippen MR) is 537 cm³/mol. The van der Waals surface area contributed by atoms with Crippen LogP contribution in [0.4, 0.5) is 0 Å². The van der Waals surface area contributed by atoms with E-state index in [1.54, 1.807) is 22.7 Å². The number of hydrogen-bond donors (Lipinski definition) is 0. The van der Waals surface area contributed by atoms with Crippen LogP contribution in [0.5, 0.6) is 0 Å². The van der Waals surface area contributed by atoms with Crippen molar-refractivity contribution in [3.8, 4) is 68.0 Å². The summed E-state index contributed by atoms with van der Waals surface area (Å²) in [6.45, 7) is 4.33. The molecular formula is C113H67N9S4. The number of pyridine rings is 1. The van der Waals surface area contributed by atoms with Gasteiger partial charge in [-0.15, -0.1) is 45.3 Å². The van der Waals surface area contributed by atoms with Gasteiger partial charge in [0.2, 0.25) is 0 Å². The molecule has 0 saturated heterocycles. The lowest BCUT2D eigenvalue weighted by molar-refractivity contribution is 1.14. The van der Waals surface area contributed by atoms with Gasteiger partial charge in [0.1, 0.15) is 0 Å². The summed E-state index contributed by atoms with van der Waals surface area (Å²) in [5, 5.41) is 22.7. The number of aryl methyl sites for hydroxylation is 2. The highest BCUT2D eigenvalue weighted by molar-refractivity contribution is 7.28. The summed E-state index contributed by atoms with van der Waals surface area (Å²) in [6, 6.07) is 130. The van der Waals surface area contributed by atoms with Gasteiger partial charge in [0.05, 0.1) is 87.8 Å². The van der Waals surface area contributed by atoms with E-state index >= 15 is 0 Å². The van der Waals surface area contributed by atoms with Gasteiger partial charge in [0, 0.05) is 160 Å². The van der Waals surface area contributed by atoms with Crippen LogP contribution in [0, 0.1) is 13.8 Å². The van der Waals surface area contributed by atoms with Crippen LogP contribution in [0.25, 0.3) is 258 Å². The molecule has 0 atom stereocenters. The van der Waals surface area contributed by atoms with Gasteiger partial charge in [-0.1, -0.05) is 237 Å². The molecule has 0 aliphatic rings. The first-order valence-electron chi connectivity index (χ1n) is 42.5. The number of nitrogens with zero attached hydrogens (tertiary/aromatic N) is 9. The van der Waals surface area contributed by atoms with Crippen LogP contribution < -0.4 is 0 Å². The lowest BCUT2D eigenvalue weighted by atomic mass is 9.99. The lowest BCUT2D eigenvalue weighted by Crippen LogP contribution is -1.99. The molecule has 17 aromatic carbocycles. The Kier molecular flexibility index (Phi) is 15.6. The summed E-state index contributed by atoms with van der Waals surface area (Å²) in [5.74, 6) is 1.46. The van der Waals surface area contributed by atoms with Crippen LogP contribution in [-0.2, 0) is 0 Å². The van der Waals surface area contributed by atoms with Crippen LogP contribution in [0.3, 0.4) is 0 Å². The molecule has 28 aromatic rings. The Labute approximate surface area is 735 Å². The predicted octanol–water partition coefficient (Wildman–Crippen LogP) is 31.8. The molecule has 0 aliphatic heterocycles. The number of fused-ring (bicyclic) bond motifs is 32. The molecule has 11 aromatic heterocycles. The molecular weight excluding hydrogens is 1610 g/mol. The fourth-order valence-corrected chi connectivity index (χ4v) is 25.5. The highest BCUT2D eigenvalue weighted by Gasteiger charge is 2.28. The Balaban J connectivity index is 0.000000131. The fraction of sp³-hybridized carbons (Fsp3) is 0.0177. The van der Waals surface area contributed by atoms with Crippen LogP contribution in [0.1, 0.15) is 11.1 Å². The number of benzene rings is 17. The summed E-state index contributed by atoms with van der Waals surface area (Å²) in [6.07, 6.45) is 3.74. The summed E-state index contributed by atoms with van der Waals surface area (Å²) >= 11 is 7.36. The summed E-state index contributed by atoms with van der Waals surface area (Å²) in [4.78, 5) is 26.3. The van der Waals surface area contributed by atoms with E-state index in [9.17, 15) is 0 Å². The van der Waals surface area contributed by atoms with Crippen LogP contribution in [0.2, 0.25) is 0 Å². The Morgan fingerprint density at radius 3 is 1.21 bits per heavy atom. The molecule has 0 bridgehead atoms. The topological polar surface area (TPSA) is 84.2 Å². The minimum absolute atomic E-state index is 0.710. The second kappa shape index (κ2) is 27.6. The molecule has 13 heteroatoms. The molecule has 0 amide bonds. The van der Waals surface area contributed by atoms with E-state index in [0.717, 1.165) is 121 Å². The van der Waals surface area contributed by atoms with Gasteiger partial charge in [-0.2, -0.15) is 0 Å². The molecule has 588 valence electrons. The maximum Gasteiger partial charge on any atom is 0.161 e. The number of para-hydroxylation sites is 5. The van der Waals surface area contributed by atoms with E-state index in [1.165, 1.54) is 142 Å². The van der Waals surface area contributed by atoms with E-state index in [4.69, 9.17) is 19.9 Å². The molecule has 126 heavy (non-hydrogen) atoms. The maximum absolute atomic E-state index is 5.56. The molecule has 0 fully saturated rings. The van der Waals surface area contributed by atoms with Gasteiger partial charge >= 0.3 is 0 Å². The summed E-state index contributed by atoms with van der Waals surface area (Å²) in [5.41, 5.74) is 24.2. The Morgan fingerprint density at radius 1 is 0.230 bits per heavy atom. The molecule has 0 N–H and O–H groups in total. The SMILES string of the molecule is Cc1cccc(C)c1-c1nc(-c2cccc(-n3c4ccccc4c4c5sc6ccccc6c5c5ccccc5c43)c2)c2sc3cc(-n4c5ccccc5c5ccccc54)ccc3c2n1.c1cncc(-n2c3ccccc3c3cc(-c4nc(-c5ccc(-n6c7ccccc7c7c8sc9ccccc9c8c8ccccc8c76)cc5)c5sc6ccccc6c5n4)ccc32)c1. The van der Waals surface area contributed by atoms with Crippen LogP contribution in [0.15, 0.2) is 370 Å². The average molecular weight is 1680 g/mol. The van der Waals surface area contributed by atoms with Crippen molar-refractivity contribution in [3.05, 3.63) is 381 Å². The summed E-state index contributed by atoms with van der Waals surface area (Å²) < 4.78 is 19.5. The maximum atomic E-state index is 5.56. The standard InChI is InChI=1S/C58H36N4S2.C55H31N5S2/c1-33-15-13-16-34(2)50(33)58-59-53(57-54(60-58)44-30-29-37(32-49(44)64-57)61-45-25-9-5-19-38(45)39-20-6-10-26-46(39)61)35-17-14-18-36(31-35)62-47-27-11-7-23-42(47)52-55(62)41-22-4-3-21-40(41)51-43-24-8-12-28-48(43)63-56(51)52;1-2-15-38-37(14-1)48-40-17-5-9-21-46(40)61-53(48)49-39-16-4-8-20-44(39)60(52(38)49)34-26-23-32(24-27-34)50-54-51(41-18-6-10-22-47(41)62-54)58-55(57-50)33-25-28-45-42(30-33)36-13-3-7-19-43(36)59(45)35-12-11-29-56-31-35/h3-32H,1-2H3;1-31H. The monoisotopic (exact) mass is 1680 g/mol. The van der Waals surface area contributed by atoms with E-state index in [1.807, 2.05) is 41.1 Å². The number of aromatic nitrogens is 9. The normalized spacial score (nSPS) is 12.2. The van der Waals surface area contributed by atoms with Crippen molar-refractivity contribution in [1.82, 2.24) is 43.2 Å². The van der Waals surface area contributed by atoms with Crippen molar-refractivity contribution < 1.29 is 0 Å². The van der Waals surface area contributed by atoms with Gasteiger partial charge < -0.3 is 18.3 Å². The molecule has 0 unspecified atom stereocenters. The van der Waals surface area contributed by atoms with Gasteiger partial charge in [0.15, 0.2) is 11.6 Å². The van der Waals surface area contributed by atoms with Crippen LogP contribution >= 0.6 is 45.3 Å². The Hall–Kier alpha value is -15.4. The molecule has 0 saturated carbocycles. The first-order chi connectivity index (χ1) is 62.3. The van der Waals surface area contributed by atoms with E-state index < -0.39 is 0 Å². The zero-order valence-corrected chi connectivity index (χ0v) is 71.1. The molecule has 0 spiro atoms. The zero-order chi connectivity index (χ0) is 82.7. The van der Waals surface area contributed by atoms with Gasteiger partial charge in [-0.05, 0) is 157 Å². The van der Waals surface area contributed by atoms with Gasteiger partial charge in [-0.3, -0.25) is 4.98 Å². The average Bonchev–Trinajstić information content (AvgIpc) is 1.54. The van der Waals surface area contributed by atoms with Crippen molar-refractivity contribution in [2.45, 2.75) is 13.8 Å². The second-order valence-electron chi connectivity index (χ2n) is 32.9. The second-order valence-corrected chi connectivity index (χ2v) is 37.1. The third-order valence-corrected chi connectivity index (χ3v) is 30.7. The Bertz CT molecular complexity index is 9470. The quantitative estimate of drug-likeness (QED) is 0.151. The highest BCUT2D eigenvalue weighted by Crippen LogP contribution is 2.53. The first-order valence-corrected chi connectivity index (χ1v) is 45.8. The smallest absolute Gasteiger partial charge is 0.161 e. The first kappa shape index (κ1) is 71.2. The van der Waals surface area contributed by atoms with E-state index in [-0.39, 0.29) is 0 Å². The Morgan fingerprint density at radius 2 is 0.635 bits per heavy atom. The van der Waals surface area contributed by atoms with E-state index in [2.05, 4.69) is 389 Å². The molecule has 0 aliphatic carbocycles. The largest absolute Gasteiger partial charge is 0.309 e. The fourth-order valence-electron chi connectivity index (χ4n) is 20.6. The van der Waals surface area contributed by atoms with Crippen molar-refractivity contribution in [2.24, 2.45) is 0 Å². The lowest BCUT2D eigenvalue weighted by Gasteiger charge is -2.14. The summed E-state index contributed by atoms with van der Waals surface area (Å²) in [7, 11) is 0. The number of rotatable bonds is 8. The van der Waals surface area contributed by atoms with Crippen molar-refractivity contribution in [2.75, 3.05) is 0 Å². The molecule has 0 radical (unpaired) electrons. The number of thiophene rings is 4. The van der Waals surface area contributed by atoms with Crippen molar-refractivity contribution in [3.63, 3.8) is 0 Å². The number of hydrogen-bond acceptors (Lipinski definition) is 9. The third-order valence-electron chi connectivity index (χ3n) is 26.0. The van der Waals surface area contributed by atoms with Crippen molar-refractivity contribution >= 4 is 235 Å². The highest BCUT2D eigenvalue weighted by atomic mass is 32.1. The van der Waals surface area contributed by atoms with Gasteiger partial charge in [0.25, 0.3) is 0 Å². The molecule has 28 rings (SSSR count). The molecule has 9 nitrogen and oxygen atoms in total.